The molecule has 2 aliphatic rings. The Kier molecular flexibility index (Phi) is 7.68. The van der Waals surface area contributed by atoms with Gasteiger partial charge in [-0.25, -0.2) is 13.2 Å². The van der Waals surface area contributed by atoms with Gasteiger partial charge in [0.1, 0.15) is 0 Å². The Morgan fingerprint density at radius 2 is 1.76 bits per heavy atom. The van der Waals surface area contributed by atoms with Crippen molar-refractivity contribution < 1.29 is 22.7 Å². The number of rotatable bonds is 7. The second kappa shape index (κ2) is 10.7. The van der Waals surface area contributed by atoms with E-state index < -0.39 is 22.6 Å². The molecule has 0 bridgehead atoms. The standard InChI is InChI=1S/C26H32N2O5S/c1-28(21-12-3-2-4-13-21)34(31,32)22-14-7-11-20(17-22)26(30)33-18-25(29)27-24-16-8-10-19-9-5-6-15-23(19)24/h5-7,9,11,14-15,17,21,24H,2-4,8,10,12-13,16,18H2,1H3,(H,27,29)/t24-/m1/s1. The number of esters is 1. The van der Waals surface area contributed by atoms with E-state index in [0.717, 1.165) is 56.9 Å². The molecule has 182 valence electrons. The summed E-state index contributed by atoms with van der Waals surface area (Å²) in [7, 11) is -2.13. The van der Waals surface area contributed by atoms with Crippen LogP contribution >= 0.6 is 0 Å². The quantitative estimate of drug-likeness (QED) is 0.600. The van der Waals surface area contributed by atoms with E-state index in [-0.39, 0.29) is 28.4 Å². The summed E-state index contributed by atoms with van der Waals surface area (Å²) in [6.45, 7) is -0.420. The summed E-state index contributed by atoms with van der Waals surface area (Å²) in [5.74, 6) is -1.10. The molecule has 8 heteroatoms. The molecule has 0 aliphatic heterocycles. The first-order valence-corrected chi connectivity index (χ1v) is 13.4. The average molecular weight is 485 g/mol. The van der Waals surface area contributed by atoms with Gasteiger partial charge in [0.25, 0.3) is 5.91 Å². The zero-order valence-corrected chi connectivity index (χ0v) is 20.4. The molecular formula is C26H32N2O5S. The maximum atomic E-state index is 13.1. The van der Waals surface area contributed by atoms with Gasteiger partial charge in [0.15, 0.2) is 6.61 Å². The number of hydrogen-bond donors (Lipinski definition) is 1. The molecule has 4 rings (SSSR count). The minimum Gasteiger partial charge on any atom is -0.452 e. The number of ether oxygens (including phenoxy) is 1. The highest BCUT2D eigenvalue weighted by Crippen LogP contribution is 2.29. The first kappa shape index (κ1) is 24.4. The Labute approximate surface area is 201 Å². The van der Waals surface area contributed by atoms with Gasteiger partial charge in [0.05, 0.1) is 16.5 Å². The summed E-state index contributed by atoms with van der Waals surface area (Å²) in [6, 6.07) is 13.7. The number of hydrogen-bond acceptors (Lipinski definition) is 5. The van der Waals surface area contributed by atoms with Crippen LogP contribution in [0.4, 0.5) is 0 Å². The van der Waals surface area contributed by atoms with Crippen LogP contribution in [0.15, 0.2) is 53.4 Å². The summed E-state index contributed by atoms with van der Waals surface area (Å²) < 4.78 is 32.8. The SMILES string of the molecule is CN(C1CCCCC1)S(=O)(=O)c1cccc(C(=O)OCC(=O)N[C@@H]2CCCc3ccccc32)c1. The van der Waals surface area contributed by atoms with Gasteiger partial charge in [-0.1, -0.05) is 49.6 Å². The lowest BCUT2D eigenvalue weighted by Gasteiger charge is -2.30. The van der Waals surface area contributed by atoms with Crippen LogP contribution in [-0.4, -0.2) is 44.3 Å². The molecule has 34 heavy (non-hydrogen) atoms. The molecule has 0 saturated heterocycles. The average Bonchev–Trinajstić information content (AvgIpc) is 2.87. The number of carbonyl (C=O) groups excluding carboxylic acids is 2. The highest BCUT2D eigenvalue weighted by atomic mass is 32.2. The summed E-state index contributed by atoms with van der Waals surface area (Å²) in [5, 5.41) is 2.95. The Morgan fingerprint density at radius 1 is 1.00 bits per heavy atom. The third kappa shape index (κ3) is 5.50. The van der Waals surface area contributed by atoms with Crippen LogP contribution in [0.5, 0.6) is 0 Å². The van der Waals surface area contributed by atoms with Gasteiger partial charge in [-0.05, 0) is 61.4 Å². The number of fused-ring (bicyclic) bond motifs is 1. The molecule has 1 atom stereocenters. The van der Waals surface area contributed by atoms with E-state index in [1.807, 2.05) is 18.2 Å². The summed E-state index contributed by atoms with van der Waals surface area (Å²) in [5.41, 5.74) is 2.44. The predicted octanol–water partition coefficient (Wildman–Crippen LogP) is 3.99. The second-order valence-corrected chi connectivity index (χ2v) is 11.1. The van der Waals surface area contributed by atoms with Gasteiger partial charge < -0.3 is 10.1 Å². The third-order valence-corrected chi connectivity index (χ3v) is 8.78. The lowest BCUT2D eigenvalue weighted by atomic mass is 9.88. The molecule has 0 aromatic heterocycles. The number of sulfonamides is 1. The molecule has 0 spiro atoms. The molecule has 2 aliphatic carbocycles. The van der Waals surface area contributed by atoms with Crippen molar-refractivity contribution in [2.45, 2.75) is 68.3 Å². The van der Waals surface area contributed by atoms with Gasteiger partial charge in [-0.3, -0.25) is 4.79 Å². The second-order valence-electron chi connectivity index (χ2n) is 9.13. The van der Waals surface area contributed by atoms with Gasteiger partial charge >= 0.3 is 5.97 Å². The van der Waals surface area contributed by atoms with Gasteiger partial charge in [0.2, 0.25) is 10.0 Å². The van der Waals surface area contributed by atoms with E-state index in [1.54, 1.807) is 7.05 Å². The lowest BCUT2D eigenvalue weighted by Crippen LogP contribution is -2.38. The smallest absolute Gasteiger partial charge is 0.338 e. The van der Waals surface area contributed by atoms with Crippen molar-refractivity contribution in [2.24, 2.45) is 0 Å². The molecule has 0 unspecified atom stereocenters. The van der Waals surface area contributed by atoms with Crippen molar-refractivity contribution in [3.05, 3.63) is 65.2 Å². The predicted molar refractivity (Wildman–Crippen MR) is 129 cm³/mol. The van der Waals surface area contributed by atoms with Crippen LogP contribution in [0, 0.1) is 0 Å². The highest BCUT2D eigenvalue weighted by Gasteiger charge is 2.29. The molecule has 7 nitrogen and oxygen atoms in total. The van der Waals surface area contributed by atoms with Crippen LogP contribution in [0.1, 0.15) is 72.5 Å². The minimum absolute atomic E-state index is 0.0250. The number of amides is 1. The minimum atomic E-state index is -3.73. The van der Waals surface area contributed by atoms with Crippen molar-refractivity contribution in [1.29, 1.82) is 0 Å². The topological polar surface area (TPSA) is 92.8 Å². The van der Waals surface area contributed by atoms with Gasteiger partial charge in [0, 0.05) is 13.1 Å². The Bertz CT molecular complexity index is 1140. The van der Waals surface area contributed by atoms with E-state index in [2.05, 4.69) is 11.4 Å². The fraction of sp³-hybridized carbons (Fsp3) is 0.462. The fourth-order valence-electron chi connectivity index (χ4n) is 4.94. The maximum absolute atomic E-state index is 13.1. The summed E-state index contributed by atoms with van der Waals surface area (Å²) >= 11 is 0. The Morgan fingerprint density at radius 3 is 2.56 bits per heavy atom. The number of benzene rings is 2. The van der Waals surface area contributed by atoms with Crippen LogP contribution in [-0.2, 0) is 26.0 Å². The highest BCUT2D eigenvalue weighted by molar-refractivity contribution is 7.89. The molecule has 2 aromatic rings. The molecule has 2 aromatic carbocycles. The normalized spacial score (nSPS) is 18.8. The van der Waals surface area contributed by atoms with Crippen LogP contribution in [0.3, 0.4) is 0 Å². The monoisotopic (exact) mass is 484 g/mol. The van der Waals surface area contributed by atoms with Crippen molar-refractivity contribution in [3.63, 3.8) is 0 Å². The molecule has 1 saturated carbocycles. The van der Waals surface area contributed by atoms with Crippen molar-refractivity contribution >= 4 is 21.9 Å². The Balaban J connectivity index is 1.37. The Hall–Kier alpha value is -2.71. The van der Waals surface area contributed by atoms with E-state index in [4.69, 9.17) is 4.74 Å². The first-order valence-electron chi connectivity index (χ1n) is 12.0. The molecule has 1 fully saturated rings. The zero-order valence-electron chi connectivity index (χ0n) is 19.5. The number of nitrogens with one attached hydrogen (secondary N) is 1. The first-order chi connectivity index (χ1) is 16.4. The fourth-order valence-corrected chi connectivity index (χ4v) is 6.41. The summed E-state index contributed by atoms with van der Waals surface area (Å²) in [4.78, 5) is 25.1. The molecular weight excluding hydrogens is 452 g/mol. The number of nitrogens with zero attached hydrogens (tertiary/aromatic N) is 1. The largest absolute Gasteiger partial charge is 0.452 e. The molecule has 1 N–H and O–H groups in total. The van der Waals surface area contributed by atoms with Crippen molar-refractivity contribution in [2.75, 3.05) is 13.7 Å². The number of aryl methyl sites for hydroxylation is 1. The van der Waals surface area contributed by atoms with Crippen molar-refractivity contribution in [1.82, 2.24) is 9.62 Å². The maximum Gasteiger partial charge on any atom is 0.338 e. The van der Waals surface area contributed by atoms with Crippen LogP contribution < -0.4 is 5.32 Å². The summed E-state index contributed by atoms with van der Waals surface area (Å²) in [6.07, 6.45) is 7.68. The van der Waals surface area contributed by atoms with Crippen molar-refractivity contribution in [3.8, 4) is 0 Å². The van der Waals surface area contributed by atoms with Gasteiger partial charge in [-0.15, -0.1) is 0 Å². The lowest BCUT2D eigenvalue weighted by molar-refractivity contribution is -0.125. The number of carbonyl (C=O) groups is 2. The molecule has 0 heterocycles. The molecule has 0 radical (unpaired) electrons. The zero-order chi connectivity index (χ0) is 24.1. The van der Waals surface area contributed by atoms with E-state index in [1.165, 1.54) is 34.1 Å². The van der Waals surface area contributed by atoms with Gasteiger partial charge in [-0.2, -0.15) is 4.31 Å². The van der Waals surface area contributed by atoms with E-state index in [9.17, 15) is 18.0 Å². The van der Waals surface area contributed by atoms with Crippen LogP contribution in [0.25, 0.3) is 0 Å². The van der Waals surface area contributed by atoms with E-state index in [0.29, 0.717) is 0 Å². The van der Waals surface area contributed by atoms with Crippen LogP contribution in [0.2, 0.25) is 0 Å². The third-order valence-electron chi connectivity index (χ3n) is 6.87. The molecule has 1 amide bonds. The van der Waals surface area contributed by atoms with E-state index >= 15 is 0 Å².